The molecule has 0 fully saturated rings. The average Bonchev–Trinajstić information content (AvgIpc) is 4.12. The van der Waals surface area contributed by atoms with Crippen molar-refractivity contribution in [2.24, 2.45) is 0 Å². The molecule has 11 aromatic rings. The number of para-hydroxylation sites is 2. The molecular weight excluding hydrogens is 1070 g/mol. The minimum absolute atomic E-state index is 0. The van der Waals surface area contributed by atoms with Crippen LogP contribution < -0.4 is 9.30 Å². The van der Waals surface area contributed by atoms with Crippen molar-refractivity contribution in [3.05, 3.63) is 223 Å². The number of pyridine rings is 1. The Morgan fingerprint density at radius 1 is 0.630 bits per heavy atom. The molecule has 364 valence electrons. The minimum atomic E-state index is -0.573. The van der Waals surface area contributed by atoms with Gasteiger partial charge in [0.1, 0.15) is 5.82 Å². The number of nitrogens with zero attached hydrogens (tertiary/aromatic N) is 4. The van der Waals surface area contributed by atoms with Crippen molar-refractivity contribution < 1.29 is 44.1 Å². The maximum atomic E-state index is 9.26. The molecule has 5 nitrogen and oxygen atoms in total. The first-order valence-electron chi connectivity index (χ1n) is 29.5. The molecule has 0 saturated carbocycles. The van der Waals surface area contributed by atoms with Gasteiger partial charge in [-0.25, -0.2) is 4.98 Å². The molecule has 73 heavy (non-hydrogen) atoms. The maximum absolute atomic E-state index is 9.26. The molecule has 1 aliphatic carbocycles. The Bertz CT molecular complexity index is 4340. The number of imidazole rings is 1. The van der Waals surface area contributed by atoms with Crippen LogP contribution >= 0.6 is 0 Å². The number of fused-ring (bicyclic) bond motifs is 5. The van der Waals surface area contributed by atoms with E-state index in [-0.39, 0.29) is 65.3 Å². The first kappa shape index (κ1) is 37.4. The standard InChI is InChI=1S/C67H58N4O.Pt/c1-65(2,3)48-36-39-68-62(41-48)71-58-31-15-14-26-55(58)56-34-33-51(43-60(56)71)72-50-25-16-24-49(42-50)69-44-70(64-53(45-20-10-8-11-21-45)28-17-29-54(64)46-22-12-9-13-23-46)59-35-32-47(40-61(59)69)52-27-18-30-57-63(52)67(6,7)38-19-37-66(57,4)5;/h8-18,20-36,39-41H,19,37-38H2,1-7H3;/q-2;/i8D,9D,10D,11D,12D,13D,20D,21D,22D,23D;. The van der Waals surface area contributed by atoms with Crippen molar-refractivity contribution >= 4 is 32.8 Å². The molecule has 0 aliphatic heterocycles. The molecule has 0 amide bonds. The Kier molecular flexibility index (Phi) is 9.54. The molecule has 3 aromatic heterocycles. The molecule has 0 saturated heterocycles. The quantitative estimate of drug-likeness (QED) is 0.0863. The van der Waals surface area contributed by atoms with Gasteiger partial charge in [0, 0.05) is 44.3 Å². The molecule has 12 rings (SSSR count). The van der Waals surface area contributed by atoms with Gasteiger partial charge < -0.3 is 13.9 Å². The number of benzene rings is 8. The zero-order valence-electron chi connectivity index (χ0n) is 51.8. The van der Waals surface area contributed by atoms with Crippen LogP contribution in [0, 0.1) is 18.5 Å². The number of ether oxygens (including phenoxy) is 1. The molecule has 6 heteroatoms. The predicted octanol–water partition coefficient (Wildman–Crippen LogP) is 16.6. The molecule has 3 heterocycles. The van der Waals surface area contributed by atoms with Crippen LogP contribution in [0.2, 0.25) is 0 Å². The number of hydrogen-bond acceptors (Lipinski definition) is 2. The Morgan fingerprint density at radius 3 is 2.04 bits per heavy atom. The first-order chi connectivity index (χ1) is 39.0. The zero-order valence-corrected chi connectivity index (χ0v) is 44.0. The van der Waals surface area contributed by atoms with Gasteiger partial charge in [0.15, 0.2) is 0 Å². The summed E-state index contributed by atoms with van der Waals surface area (Å²) in [7, 11) is 0. The third kappa shape index (κ3) is 8.62. The van der Waals surface area contributed by atoms with Crippen LogP contribution in [0.1, 0.15) is 98.1 Å². The Morgan fingerprint density at radius 2 is 1.30 bits per heavy atom. The van der Waals surface area contributed by atoms with E-state index >= 15 is 0 Å². The second kappa shape index (κ2) is 18.6. The topological polar surface area (TPSA) is 35.9 Å². The van der Waals surface area contributed by atoms with Crippen LogP contribution in [-0.4, -0.2) is 14.1 Å². The summed E-state index contributed by atoms with van der Waals surface area (Å²) in [6.45, 7) is 15.8. The molecule has 1 aliphatic rings. The summed E-state index contributed by atoms with van der Waals surface area (Å²) in [6.07, 6.45) is 8.52. The Hall–Kier alpha value is -7.33. The first-order valence-corrected chi connectivity index (χ1v) is 24.5. The summed E-state index contributed by atoms with van der Waals surface area (Å²) in [6, 6.07) is 41.1. The molecular formula is C67H58N4OPt-2. The fourth-order valence-electron chi connectivity index (χ4n) is 10.8. The number of rotatable bonds is 8. The van der Waals surface area contributed by atoms with Crippen LogP contribution in [0.25, 0.3) is 83.4 Å². The normalized spacial score (nSPS) is 16.1. The minimum Gasteiger partial charge on any atom is -0.510 e. The van der Waals surface area contributed by atoms with E-state index in [0.717, 1.165) is 63.6 Å². The molecule has 8 aromatic carbocycles. The van der Waals surface area contributed by atoms with Gasteiger partial charge in [-0.2, -0.15) is 18.2 Å². The van der Waals surface area contributed by atoms with Crippen molar-refractivity contribution in [1.29, 1.82) is 0 Å². The van der Waals surface area contributed by atoms with Gasteiger partial charge >= 0.3 is 0 Å². The van der Waals surface area contributed by atoms with E-state index in [9.17, 15) is 5.48 Å². The SMILES string of the molecule is [2H]c1c([2H])c([2H])c(-c2cccc(-c3c([2H])c([2H])c([2H])c([2H])c3[2H])c2-[n+]2[c-]n(-c3[c-]c(Oc4[c-]c5c(cc4)c4ccccc4n5-c4cc(C(C)(C)C)ccn4)ccc3)c3cc(-c4cccc5c4C(C)(C)CCCC5(C)C)ccc32)c([2H])c1[2H].[Pt]. The van der Waals surface area contributed by atoms with Crippen molar-refractivity contribution in [3.63, 3.8) is 0 Å². The third-order valence-corrected chi connectivity index (χ3v) is 14.5. The molecule has 0 radical (unpaired) electrons. The Labute approximate surface area is 458 Å². The summed E-state index contributed by atoms with van der Waals surface area (Å²) >= 11 is 0. The van der Waals surface area contributed by atoms with E-state index in [4.69, 9.17) is 17.9 Å². The molecule has 0 bridgehead atoms. The fourth-order valence-corrected chi connectivity index (χ4v) is 10.8. The zero-order chi connectivity index (χ0) is 58.1. The largest absolute Gasteiger partial charge is 0.510 e. The van der Waals surface area contributed by atoms with Gasteiger partial charge in [-0.15, -0.1) is 29.7 Å². The van der Waals surface area contributed by atoms with Crippen molar-refractivity contribution in [2.45, 2.75) is 84.0 Å². The molecule has 0 spiro atoms. The van der Waals surface area contributed by atoms with Crippen molar-refractivity contribution in [2.75, 3.05) is 0 Å². The number of aromatic nitrogens is 4. The van der Waals surface area contributed by atoms with Crippen LogP contribution in [-0.2, 0) is 37.3 Å². The van der Waals surface area contributed by atoms with Crippen molar-refractivity contribution in [1.82, 2.24) is 14.1 Å². The van der Waals surface area contributed by atoms with E-state index in [0.29, 0.717) is 28.2 Å². The van der Waals surface area contributed by atoms with Crippen LogP contribution in [0.3, 0.4) is 0 Å². The van der Waals surface area contributed by atoms with Gasteiger partial charge in [-0.1, -0.05) is 188 Å². The summed E-state index contributed by atoms with van der Waals surface area (Å²) < 4.78 is 102. The van der Waals surface area contributed by atoms with Crippen LogP contribution in [0.15, 0.2) is 188 Å². The van der Waals surface area contributed by atoms with E-state index in [1.165, 1.54) is 11.1 Å². The van der Waals surface area contributed by atoms with Gasteiger partial charge in [0.05, 0.1) is 30.4 Å². The average molecular weight is 1140 g/mol. The van der Waals surface area contributed by atoms with Gasteiger partial charge in [0.25, 0.3) is 6.33 Å². The van der Waals surface area contributed by atoms with E-state index < -0.39 is 60.4 Å². The maximum Gasteiger partial charge on any atom is 0.268 e. The summed E-state index contributed by atoms with van der Waals surface area (Å²) in [4.78, 5) is 4.85. The molecule has 0 atom stereocenters. The second-order valence-corrected chi connectivity index (χ2v) is 21.1. The summed E-state index contributed by atoms with van der Waals surface area (Å²) in [5, 5.41) is 2.02. The van der Waals surface area contributed by atoms with Gasteiger partial charge in [0.2, 0.25) is 0 Å². The monoisotopic (exact) mass is 1140 g/mol. The number of hydrogen-bond donors (Lipinski definition) is 0. The third-order valence-electron chi connectivity index (χ3n) is 14.5. The summed E-state index contributed by atoms with van der Waals surface area (Å²) in [5.41, 5.74) is 8.91. The van der Waals surface area contributed by atoms with E-state index in [1.807, 2.05) is 71.4 Å². The van der Waals surface area contributed by atoms with E-state index in [1.54, 1.807) is 22.8 Å². The molecule has 0 unspecified atom stereocenters. The van der Waals surface area contributed by atoms with E-state index in [2.05, 4.69) is 114 Å². The van der Waals surface area contributed by atoms with Crippen LogP contribution in [0.4, 0.5) is 0 Å². The Balaban J connectivity index is 0.00000721. The van der Waals surface area contributed by atoms with Gasteiger partial charge in [-0.3, -0.25) is 4.57 Å². The smallest absolute Gasteiger partial charge is 0.268 e. The van der Waals surface area contributed by atoms with Gasteiger partial charge in [-0.05, 0) is 114 Å². The fraction of sp³-hybridized carbons (Fsp3) is 0.194. The van der Waals surface area contributed by atoms with Crippen LogP contribution in [0.5, 0.6) is 11.5 Å². The molecule has 0 N–H and O–H groups in total. The van der Waals surface area contributed by atoms with Crippen molar-refractivity contribution in [3.8, 4) is 62.1 Å². The second-order valence-electron chi connectivity index (χ2n) is 21.1. The summed E-state index contributed by atoms with van der Waals surface area (Å²) in [5.74, 6) is 1.55. The predicted molar refractivity (Wildman–Crippen MR) is 295 cm³/mol.